The van der Waals surface area contributed by atoms with Gasteiger partial charge in [-0.3, -0.25) is 0 Å². The van der Waals surface area contributed by atoms with Crippen molar-refractivity contribution in [2.24, 2.45) is 0 Å². The summed E-state index contributed by atoms with van der Waals surface area (Å²) < 4.78 is 0. The molecule has 0 radical (unpaired) electrons. The predicted octanol–water partition coefficient (Wildman–Crippen LogP) is 4.67. The Morgan fingerprint density at radius 2 is 1.94 bits per heavy atom. The van der Waals surface area contributed by atoms with E-state index in [9.17, 15) is 4.79 Å². The van der Waals surface area contributed by atoms with Crippen LogP contribution in [-0.4, -0.2) is 5.78 Å². The van der Waals surface area contributed by atoms with E-state index in [1.54, 1.807) is 6.92 Å². The van der Waals surface area contributed by atoms with Crippen LogP contribution in [0.4, 0.5) is 0 Å². The minimum Gasteiger partial charge on any atom is -0.300 e. The summed E-state index contributed by atoms with van der Waals surface area (Å²) >= 11 is 0. The summed E-state index contributed by atoms with van der Waals surface area (Å²) in [6.07, 6.45) is 5.66. The molecule has 0 aromatic heterocycles. The first-order valence-corrected chi connectivity index (χ1v) is 6.58. The Morgan fingerprint density at radius 3 is 2.44 bits per heavy atom. The molecule has 1 aromatic carbocycles. The van der Waals surface area contributed by atoms with Crippen LogP contribution in [0.1, 0.15) is 57.2 Å². The van der Waals surface area contributed by atoms with Crippen molar-refractivity contribution in [3.05, 3.63) is 41.0 Å². The van der Waals surface area contributed by atoms with Gasteiger partial charge in [0.05, 0.1) is 0 Å². The first-order valence-electron chi connectivity index (χ1n) is 6.58. The van der Waals surface area contributed by atoms with Gasteiger partial charge in [-0.1, -0.05) is 51.1 Å². The fourth-order valence-corrected chi connectivity index (χ4v) is 1.83. The molecule has 0 aliphatic carbocycles. The van der Waals surface area contributed by atoms with Gasteiger partial charge in [0.15, 0.2) is 0 Å². The molecule has 0 aliphatic heterocycles. The molecule has 0 atom stereocenters. The standard InChI is InChI=1S/C17H24O/c1-13-12-16(17(3,4)5)11-10-15(13)9-7-6-8-14(2)18/h7,9-12H,6,8H2,1-5H3/b9-7+. The summed E-state index contributed by atoms with van der Waals surface area (Å²) in [4.78, 5) is 10.8. The Kier molecular flexibility index (Phi) is 4.89. The van der Waals surface area contributed by atoms with Gasteiger partial charge in [-0.05, 0) is 42.4 Å². The number of carbonyl (C=O) groups excluding carboxylic acids is 1. The normalized spacial score (nSPS) is 12.1. The predicted molar refractivity (Wildman–Crippen MR) is 78.8 cm³/mol. The maximum Gasteiger partial charge on any atom is 0.130 e. The van der Waals surface area contributed by atoms with Gasteiger partial charge in [0.1, 0.15) is 5.78 Å². The van der Waals surface area contributed by atoms with E-state index in [-0.39, 0.29) is 11.2 Å². The first kappa shape index (κ1) is 14.7. The van der Waals surface area contributed by atoms with E-state index >= 15 is 0 Å². The number of hydrogen-bond donors (Lipinski definition) is 0. The second-order valence-electron chi connectivity index (χ2n) is 5.96. The van der Waals surface area contributed by atoms with Crippen molar-refractivity contribution in [3.8, 4) is 0 Å². The molecule has 1 nitrogen and oxygen atoms in total. The third-order valence-corrected chi connectivity index (χ3v) is 3.10. The molecule has 1 rings (SSSR count). The third kappa shape index (κ3) is 4.48. The van der Waals surface area contributed by atoms with Crippen LogP contribution >= 0.6 is 0 Å². The lowest BCUT2D eigenvalue weighted by molar-refractivity contribution is -0.116. The highest BCUT2D eigenvalue weighted by Gasteiger charge is 2.13. The average Bonchev–Trinajstić information content (AvgIpc) is 2.24. The lowest BCUT2D eigenvalue weighted by Crippen LogP contribution is -2.11. The number of Topliss-reactive ketones (excluding diaryl/α,β-unsaturated/α-hetero) is 1. The highest BCUT2D eigenvalue weighted by atomic mass is 16.1. The summed E-state index contributed by atoms with van der Waals surface area (Å²) in [7, 11) is 0. The molecule has 0 spiro atoms. The lowest BCUT2D eigenvalue weighted by atomic mass is 9.85. The summed E-state index contributed by atoms with van der Waals surface area (Å²) in [6, 6.07) is 6.61. The Morgan fingerprint density at radius 1 is 1.28 bits per heavy atom. The molecule has 0 amide bonds. The number of aryl methyl sites for hydroxylation is 1. The maximum atomic E-state index is 10.8. The maximum absolute atomic E-state index is 10.8. The monoisotopic (exact) mass is 244 g/mol. The van der Waals surface area contributed by atoms with Crippen molar-refractivity contribution in [1.82, 2.24) is 0 Å². The minimum atomic E-state index is 0.196. The van der Waals surface area contributed by atoms with Crippen molar-refractivity contribution in [1.29, 1.82) is 0 Å². The smallest absolute Gasteiger partial charge is 0.130 e. The largest absolute Gasteiger partial charge is 0.300 e. The topological polar surface area (TPSA) is 17.1 Å². The molecule has 0 aliphatic rings. The molecule has 0 bridgehead atoms. The Hall–Kier alpha value is -1.37. The molecule has 0 fully saturated rings. The van der Waals surface area contributed by atoms with Gasteiger partial charge in [-0.15, -0.1) is 0 Å². The number of rotatable bonds is 4. The van der Waals surface area contributed by atoms with Gasteiger partial charge >= 0.3 is 0 Å². The van der Waals surface area contributed by atoms with Gasteiger partial charge in [-0.25, -0.2) is 0 Å². The molecule has 1 heteroatoms. The van der Waals surface area contributed by atoms with Crippen LogP contribution in [0.2, 0.25) is 0 Å². The van der Waals surface area contributed by atoms with E-state index in [4.69, 9.17) is 0 Å². The number of benzene rings is 1. The van der Waals surface area contributed by atoms with E-state index in [0.717, 1.165) is 6.42 Å². The number of allylic oxidation sites excluding steroid dienone is 1. The van der Waals surface area contributed by atoms with Crippen LogP contribution in [0, 0.1) is 6.92 Å². The van der Waals surface area contributed by atoms with Crippen molar-refractivity contribution >= 4 is 11.9 Å². The second-order valence-corrected chi connectivity index (χ2v) is 5.96. The SMILES string of the molecule is CC(=O)CC/C=C/c1ccc(C(C)(C)C)cc1C. The van der Waals surface area contributed by atoms with Crippen molar-refractivity contribution < 1.29 is 4.79 Å². The van der Waals surface area contributed by atoms with Crippen molar-refractivity contribution in [2.45, 2.75) is 52.9 Å². The minimum absolute atomic E-state index is 0.196. The van der Waals surface area contributed by atoms with E-state index in [2.05, 4.69) is 58.0 Å². The quantitative estimate of drug-likeness (QED) is 0.752. The zero-order valence-corrected chi connectivity index (χ0v) is 12.2. The van der Waals surface area contributed by atoms with E-state index in [1.807, 2.05) is 0 Å². The van der Waals surface area contributed by atoms with Gasteiger partial charge in [-0.2, -0.15) is 0 Å². The summed E-state index contributed by atoms with van der Waals surface area (Å²) in [6.45, 7) is 10.5. The van der Waals surface area contributed by atoms with Gasteiger partial charge < -0.3 is 4.79 Å². The zero-order chi connectivity index (χ0) is 13.8. The third-order valence-electron chi connectivity index (χ3n) is 3.10. The molecular weight excluding hydrogens is 220 g/mol. The van der Waals surface area contributed by atoms with Crippen LogP contribution in [0.25, 0.3) is 6.08 Å². The van der Waals surface area contributed by atoms with Crippen LogP contribution in [0.3, 0.4) is 0 Å². The Balaban J connectivity index is 2.77. The fourth-order valence-electron chi connectivity index (χ4n) is 1.83. The van der Waals surface area contributed by atoms with E-state index in [1.165, 1.54) is 16.7 Å². The highest BCUT2D eigenvalue weighted by molar-refractivity contribution is 5.75. The average molecular weight is 244 g/mol. The van der Waals surface area contributed by atoms with Crippen LogP contribution in [-0.2, 0) is 10.2 Å². The molecular formula is C17H24O. The Labute approximate surface area is 111 Å². The summed E-state index contributed by atoms with van der Waals surface area (Å²) in [5.74, 6) is 0.249. The Bertz CT molecular complexity index is 447. The van der Waals surface area contributed by atoms with E-state index in [0.29, 0.717) is 6.42 Å². The fraction of sp³-hybridized carbons (Fsp3) is 0.471. The molecule has 0 unspecified atom stereocenters. The van der Waals surface area contributed by atoms with Crippen LogP contribution < -0.4 is 0 Å². The van der Waals surface area contributed by atoms with Crippen molar-refractivity contribution in [3.63, 3.8) is 0 Å². The van der Waals surface area contributed by atoms with Gasteiger partial charge in [0, 0.05) is 6.42 Å². The number of carbonyl (C=O) groups is 1. The highest BCUT2D eigenvalue weighted by Crippen LogP contribution is 2.24. The molecule has 0 saturated heterocycles. The molecule has 1 aromatic rings. The molecule has 98 valence electrons. The second kappa shape index (κ2) is 5.99. The molecule has 18 heavy (non-hydrogen) atoms. The number of hydrogen-bond acceptors (Lipinski definition) is 1. The lowest BCUT2D eigenvalue weighted by Gasteiger charge is -2.20. The summed E-state index contributed by atoms with van der Waals surface area (Å²) in [5, 5.41) is 0. The van der Waals surface area contributed by atoms with E-state index < -0.39 is 0 Å². The van der Waals surface area contributed by atoms with Crippen LogP contribution in [0.15, 0.2) is 24.3 Å². The molecule has 0 N–H and O–H groups in total. The van der Waals surface area contributed by atoms with Crippen molar-refractivity contribution in [2.75, 3.05) is 0 Å². The zero-order valence-electron chi connectivity index (χ0n) is 12.2. The summed E-state index contributed by atoms with van der Waals surface area (Å²) in [5.41, 5.74) is 4.09. The number of ketones is 1. The molecule has 0 saturated carbocycles. The molecule has 0 heterocycles. The van der Waals surface area contributed by atoms with Crippen LogP contribution in [0.5, 0.6) is 0 Å². The first-order chi connectivity index (χ1) is 8.30. The van der Waals surface area contributed by atoms with Gasteiger partial charge in [0.2, 0.25) is 0 Å². The van der Waals surface area contributed by atoms with Gasteiger partial charge in [0.25, 0.3) is 0 Å².